The SMILES string of the molecule is Clc1ccccc1CNc1cc(NCC2CCCO2)ncn1. The van der Waals surface area contributed by atoms with Crippen LogP contribution in [-0.4, -0.2) is 29.2 Å². The Kier molecular flexibility index (Phi) is 5.08. The number of nitrogens with one attached hydrogen (secondary N) is 2. The number of aromatic nitrogens is 2. The zero-order valence-corrected chi connectivity index (χ0v) is 13.0. The lowest BCUT2D eigenvalue weighted by Gasteiger charge is -2.12. The maximum absolute atomic E-state index is 6.15. The van der Waals surface area contributed by atoms with Crippen LogP contribution in [0.4, 0.5) is 11.6 Å². The quantitative estimate of drug-likeness (QED) is 0.855. The third-order valence-corrected chi connectivity index (χ3v) is 3.99. The van der Waals surface area contributed by atoms with Crippen molar-refractivity contribution >= 4 is 23.2 Å². The van der Waals surface area contributed by atoms with Gasteiger partial charge in [-0.2, -0.15) is 0 Å². The van der Waals surface area contributed by atoms with E-state index < -0.39 is 0 Å². The van der Waals surface area contributed by atoms with E-state index in [0.717, 1.165) is 48.2 Å². The summed E-state index contributed by atoms with van der Waals surface area (Å²) in [6.07, 6.45) is 4.08. The topological polar surface area (TPSA) is 59.1 Å². The summed E-state index contributed by atoms with van der Waals surface area (Å²) in [6, 6.07) is 9.66. The third-order valence-electron chi connectivity index (χ3n) is 3.62. The highest BCUT2D eigenvalue weighted by molar-refractivity contribution is 6.31. The summed E-state index contributed by atoms with van der Waals surface area (Å²) >= 11 is 6.15. The predicted molar refractivity (Wildman–Crippen MR) is 88.3 cm³/mol. The summed E-state index contributed by atoms with van der Waals surface area (Å²) in [5, 5.41) is 7.31. The van der Waals surface area contributed by atoms with Crippen molar-refractivity contribution in [2.75, 3.05) is 23.8 Å². The first-order valence-electron chi connectivity index (χ1n) is 7.46. The Morgan fingerprint density at radius 2 is 2.00 bits per heavy atom. The van der Waals surface area contributed by atoms with Gasteiger partial charge in [-0.3, -0.25) is 0 Å². The molecule has 1 saturated heterocycles. The van der Waals surface area contributed by atoms with E-state index >= 15 is 0 Å². The highest BCUT2D eigenvalue weighted by Gasteiger charge is 2.15. The van der Waals surface area contributed by atoms with Crippen molar-refractivity contribution in [1.29, 1.82) is 0 Å². The maximum Gasteiger partial charge on any atom is 0.131 e. The summed E-state index contributed by atoms with van der Waals surface area (Å²) in [5.41, 5.74) is 1.04. The Hall–Kier alpha value is -1.85. The first-order chi connectivity index (χ1) is 10.8. The fourth-order valence-corrected chi connectivity index (χ4v) is 2.60. The second-order valence-electron chi connectivity index (χ2n) is 5.25. The lowest BCUT2D eigenvalue weighted by molar-refractivity contribution is 0.120. The molecule has 1 atom stereocenters. The van der Waals surface area contributed by atoms with E-state index in [9.17, 15) is 0 Å². The minimum atomic E-state index is 0.287. The Morgan fingerprint density at radius 1 is 1.18 bits per heavy atom. The molecule has 1 aliphatic rings. The van der Waals surface area contributed by atoms with E-state index in [0.29, 0.717) is 6.54 Å². The molecule has 0 aliphatic carbocycles. The standard InChI is InChI=1S/C16H19ClN4O/c17-14-6-2-1-4-12(14)9-18-15-8-16(21-11-20-15)19-10-13-5-3-7-22-13/h1-2,4,6,8,11,13H,3,5,7,9-10H2,(H2,18,19,20,21). The zero-order chi connectivity index (χ0) is 15.2. The van der Waals surface area contributed by atoms with Crippen molar-refractivity contribution in [3.05, 3.63) is 47.2 Å². The van der Waals surface area contributed by atoms with Crippen molar-refractivity contribution in [3.63, 3.8) is 0 Å². The molecular weight excluding hydrogens is 300 g/mol. The number of rotatable bonds is 6. The predicted octanol–water partition coefficient (Wildman–Crippen LogP) is 3.33. The molecule has 1 aliphatic heterocycles. The number of benzene rings is 1. The number of hydrogen-bond donors (Lipinski definition) is 2. The van der Waals surface area contributed by atoms with Gasteiger partial charge in [-0.1, -0.05) is 29.8 Å². The Bertz CT molecular complexity index is 617. The molecule has 0 radical (unpaired) electrons. The lowest BCUT2D eigenvalue weighted by Crippen LogP contribution is -2.19. The molecule has 1 aromatic heterocycles. The average Bonchev–Trinajstić information content (AvgIpc) is 3.06. The van der Waals surface area contributed by atoms with Crippen LogP contribution in [0.5, 0.6) is 0 Å². The smallest absolute Gasteiger partial charge is 0.131 e. The number of hydrogen-bond acceptors (Lipinski definition) is 5. The Morgan fingerprint density at radius 3 is 2.77 bits per heavy atom. The first kappa shape index (κ1) is 15.1. The minimum Gasteiger partial charge on any atom is -0.376 e. The molecule has 6 heteroatoms. The van der Waals surface area contributed by atoms with Crippen LogP contribution in [-0.2, 0) is 11.3 Å². The molecule has 5 nitrogen and oxygen atoms in total. The van der Waals surface area contributed by atoms with E-state index in [2.05, 4.69) is 20.6 Å². The average molecular weight is 319 g/mol. The van der Waals surface area contributed by atoms with Gasteiger partial charge in [-0.05, 0) is 24.5 Å². The molecule has 2 N–H and O–H groups in total. The molecule has 2 aromatic rings. The van der Waals surface area contributed by atoms with Crippen LogP contribution >= 0.6 is 11.6 Å². The largest absolute Gasteiger partial charge is 0.376 e. The Balaban J connectivity index is 1.55. The van der Waals surface area contributed by atoms with Crippen LogP contribution < -0.4 is 10.6 Å². The van der Waals surface area contributed by atoms with Crippen LogP contribution in [0.2, 0.25) is 5.02 Å². The lowest BCUT2D eigenvalue weighted by atomic mass is 10.2. The number of halogens is 1. The van der Waals surface area contributed by atoms with Gasteiger partial charge in [0.15, 0.2) is 0 Å². The van der Waals surface area contributed by atoms with Gasteiger partial charge < -0.3 is 15.4 Å². The van der Waals surface area contributed by atoms with Gasteiger partial charge in [0, 0.05) is 30.8 Å². The van der Waals surface area contributed by atoms with Crippen molar-refractivity contribution < 1.29 is 4.74 Å². The maximum atomic E-state index is 6.15. The first-order valence-corrected chi connectivity index (χ1v) is 7.84. The van der Waals surface area contributed by atoms with E-state index in [1.807, 2.05) is 30.3 Å². The van der Waals surface area contributed by atoms with Crippen molar-refractivity contribution in [2.24, 2.45) is 0 Å². The van der Waals surface area contributed by atoms with Gasteiger partial charge in [0.05, 0.1) is 6.10 Å². The summed E-state index contributed by atoms with van der Waals surface area (Å²) in [5.74, 6) is 1.57. The molecule has 116 valence electrons. The normalized spacial score (nSPS) is 17.4. The number of anilines is 2. The van der Waals surface area contributed by atoms with Gasteiger partial charge >= 0.3 is 0 Å². The van der Waals surface area contributed by atoms with E-state index in [1.165, 1.54) is 0 Å². The summed E-state index contributed by atoms with van der Waals surface area (Å²) in [6.45, 7) is 2.27. The van der Waals surface area contributed by atoms with Crippen LogP contribution in [0.3, 0.4) is 0 Å². The minimum absolute atomic E-state index is 0.287. The van der Waals surface area contributed by atoms with Gasteiger partial charge in [-0.25, -0.2) is 9.97 Å². The van der Waals surface area contributed by atoms with Crippen LogP contribution in [0, 0.1) is 0 Å². The van der Waals surface area contributed by atoms with E-state index in [1.54, 1.807) is 6.33 Å². The second kappa shape index (κ2) is 7.42. The summed E-state index contributed by atoms with van der Waals surface area (Å²) < 4.78 is 5.59. The summed E-state index contributed by atoms with van der Waals surface area (Å²) in [4.78, 5) is 8.46. The molecule has 0 spiro atoms. The zero-order valence-electron chi connectivity index (χ0n) is 12.3. The van der Waals surface area contributed by atoms with Crippen molar-refractivity contribution in [3.8, 4) is 0 Å². The molecule has 3 rings (SSSR count). The third kappa shape index (κ3) is 4.08. The van der Waals surface area contributed by atoms with Gasteiger partial charge in [-0.15, -0.1) is 0 Å². The van der Waals surface area contributed by atoms with Crippen LogP contribution in [0.1, 0.15) is 18.4 Å². The number of ether oxygens (including phenoxy) is 1. The highest BCUT2D eigenvalue weighted by Crippen LogP contribution is 2.17. The van der Waals surface area contributed by atoms with Gasteiger partial charge in [0.25, 0.3) is 0 Å². The molecule has 2 heterocycles. The number of nitrogens with zero attached hydrogens (tertiary/aromatic N) is 2. The molecular formula is C16H19ClN4O. The van der Waals surface area contributed by atoms with Crippen LogP contribution in [0.25, 0.3) is 0 Å². The van der Waals surface area contributed by atoms with Crippen molar-refractivity contribution in [1.82, 2.24) is 9.97 Å². The fraction of sp³-hybridized carbons (Fsp3) is 0.375. The molecule has 1 aromatic carbocycles. The van der Waals surface area contributed by atoms with E-state index in [4.69, 9.17) is 16.3 Å². The fourth-order valence-electron chi connectivity index (χ4n) is 2.40. The molecule has 0 amide bonds. The van der Waals surface area contributed by atoms with Crippen LogP contribution in [0.15, 0.2) is 36.7 Å². The monoisotopic (exact) mass is 318 g/mol. The van der Waals surface area contributed by atoms with E-state index in [-0.39, 0.29) is 6.10 Å². The molecule has 22 heavy (non-hydrogen) atoms. The van der Waals surface area contributed by atoms with Gasteiger partial charge in [0.1, 0.15) is 18.0 Å². The highest BCUT2D eigenvalue weighted by atomic mass is 35.5. The van der Waals surface area contributed by atoms with Gasteiger partial charge in [0.2, 0.25) is 0 Å². The molecule has 0 saturated carbocycles. The Labute approximate surface area is 135 Å². The molecule has 0 bridgehead atoms. The molecule has 1 fully saturated rings. The molecule has 1 unspecified atom stereocenters. The summed E-state index contributed by atoms with van der Waals surface area (Å²) in [7, 11) is 0. The second-order valence-corrected chi connectivity index (χ2v) is 5.66. The van der Waals surface area contributed by atoms with Crippen molar-refractivity contribution in [2.45, 2.75) is 25.5 Å².